The van der Waals surface area contributed by atoms with Crippen molar-refractivity contribution in [2.24, 2.45) is 0 Å². The average Bonchev–Trinajstić information content (AvgIpc) is 2.37. The fourth-order valence-corrected chi connectivity index (χ4v) is 1.35. The van der Waals surface area contributed by atoms with Gasteiger partial charge in [0.1, 0.15) is 6.61 Å². The molecule has 3 nitrogen and oxygen atoms in total. The zero-order chi connectivity index (χ0) is 13.4. The van der Waals surface area contributed by atoms with Gasteiger partial charge in [-0.1, -0.05) is 24.3 Å². The van der Waals surface area contributed by atoms with Crippen molar-refractivity contribution in [2.75, 3.05) is 13.7 Å². The van der Waals surface area contributed by atoms with Gasteiger partial charge in [0.05, 0.1) is 7.11 Å². The summed E-state index contributed by atoms with van der Waals surface area (Å²) in [5, 5.41) is 0. The van der Waals surface area contributed by atoms with Crippen molar-refractivity contribution in [2.45, 2.75) is 13.8 Å². The van der Waals surface area contributed by atoms with Gasteiger partial charge in [0.2, 0.25) is 0 Å². The van der Waals surface area contributed by atoms with E-state index in [9.17, 15) is 4.79 Å². The lowest BCUT2D eigenvalue weighted by molar-refractivity contribution is -0.112. The minimum absolute atomic E-state index is 0.0161. The van der Waals surface area contributed by atoms with Crippen LogP contribution in [0.25, 0.3) is 6.08 Å². The van der Waals surface area contributed by atoms with E-state index in [1.165, 1.54) is 13.0 Å². The summed E-state index contributed by atoms with van der Waals surface area (Å²) in [6, 6.07) is 5.56. The van der Waals surface area contributed by atoms with Crippen LogP contribution in [0.15, 0.2) is 36.4 Å². The van der Waals surface area contributed by atoms with E-state index in [4.69, 9.17) is 9.47 Å². The molecule has 0 heterocycles. The molecule has 0 saturated carbocycles. The summed E-state index contributed by atoms with van der Waals surface area (Å²) in [6.07, 6.45) is 7.12. The number of carbonyl (C=O) groups is 1. The molecule has 0 atom stereocenters. The van der Waals surface area contributed by atoms with Crippen LogP contribution < -0.4 is 9.47 Å². The Balaban J connectivity index is 2.85. The van der Waals surface area contributed by atoms with E-state index in [2.05, 4.69) is 0 Å². The zero-order valence-corrected chi connectivity index (χ0v) is 11.0. The van der Waals surface area contributed by atoms with Crippen molar-refractivity contribution in [3.63, 3.8) is 0 Å². The number of carbonyl (C=O) groups excluding carboxylic acids is 1. The third-order valence-corrected chi connectivity index (χ3v) is 2.27. The van der Waals surface area contributed by atoms with Crippen LogP contribution in [0.3, 0.4) is 0 Å². The Morgan fingerprint density at radius 2 is 2.11 bits per heavy atom. The molecule has 3 heteroatoms. The average molecular weight is 246 g/mol. The first-order chi connectivity index (χ1) is 8.67. The largest absolute Gasteiger partial charge is 0.493 e. The molecular formula is C15H18O3. The molecule has 0 amide bonds. The maximum absolute atomic E-state index is 10.9. The van der Waals surface area contributed by atoms with Crippen molar-refractivity contribution in [3.05, 3.63) is 42.0 Å². The lowest BCUT2D eigenvalue weighted by Gasteiger charge is -2.09. The van der Waals surface area contributed by atoms with Crippen LogP contribution in [-0.2, 0) is 4.79 Å². The second kappa shape index (κ2) is 7.33. The van der Waals surface area contributed by atoms with E-state index >= 15 is 0 Å². The first kappa shape index (κ1) is 14.0. The summed E-state index contributed by atoms with van der Waals surface area (Å²) >= 11 is 0. The van der Waals surface area contributed by atoms with Gasteiger partial charge >= 0.3 is 0 Å². The SMILES string of the molecule is C/C=C/COc1ccc(/C=C/C(C)=O)cc1OC. The Morgan fingerprint density at radius 3 is 2.72 bits per heavy atom. The summed E-state index contributed by atoms with van der Waals surface area (Å²) in [6.45, 7) is 3.97. The molecule has 0 aliphatic rings. The lowest BCUT2D eigenvalue weighted by atomic mass is 10.2. The third kappa shape index (κ3) is 4.45. The molecule has 0 saturated heterocycles. The van der Waals surface area contributed by atoms with Crippen molar-refractivity contribution < 1.29 is 14.3 Å². The topological polar surface area (TPSA) is 35.5 Å². The van der Waals surface area contributed by atoms with E-state index in [1.807, 2.05) is 37.3 Å². The summed E-state index contributed by atoms with van der Waals surface area (Å²) in [7, 11) is 1.59. The zero-order valence-electron chi connectivity index (χ0n) is 11.0. The standard InChI is InChI=1S/C15H18O3/c1-4-5-10-18-14-9-8-13(7-6-12(2)16)11-15(14)17-3/h4-9,11H,10H2,1-3H3/b5-4+,7-6+. The number of methoxy groups -OCH3 is 1. The minimum Gasteiger partial charge on any atom is -0.493 e. The summed E-state index contributed by atoms with van der Waals surface area (Å²) in [5.41, 5.74) is 0.903. The van der Waals surface area contributed by atoms with E-state index in [0.29, 0.717) is 18.1 Å². The molecule has 0 aromatic heterocycles. The number of hydrogen-bond acceptors (Lipinski definition) is 3. The Bertz CT molecular complexity index is 459. The van der Waals surface area contributed by atoms with Gasteiger partial charge in [-0.3, -0.25) is 4.79 Å². The fraction of sp³-hybridized carbons (Fsp3) is 0.267. The van der Waals surface area contributed by atoms with E-state index in [-0.39, 0.29) is 5.78 Å². The molecule has 0 N–H and O–H groups in total. The molecule has 0 unspecified atom stereocenters. The number of hydrogen-bond donors (Lipinski definition) is 0. The molecular weight excluding hydrogens is 228 g/mol. The van der Waals surface area contributed by atoms with E-state index < -0.39 is 0 Å². The molecule has 0 fully saturated rings. The third-order valence-electron chi connectivity index (χ3n) is 2.27. The smallest absolute Gasteiger partial charge is 0.161 e. The van der Waals surface area contributed by atoms with Crippen molar-refractivity contribution in [1.82, 2.24) is 0 Å². The van der Waals surface area contributed by atoms with Crippen molar-refractivity contribution >= 4 is 11.9 Å². The van der Waals surface area contributed by atoms with Gasteiger partial charge in [0, 0.05) is 0 Å². The van der Waals surface area contributed by atoms with Crippen LogP contribution in [0, 0.1) is 0 Å². The maximum atomic E-state index is 10.9. The molecule has 0 aliphatic heterocycles. The minimum atomic E-state index is 0.0161. The predicted octanol–water partition coefficient (Wildman–Crippen LogP) is 3.25. The molecule has 0 spiro atoms. The number of benzene rings is 1. The number of allylic oxidation sites excluding steroid dienone is 2. The van der Waals surface area contributed by atoms with Gasteiger partial charge in [-0.15, -0.1) is 0 Å². The Labute approximate surface area is 108 Å². The van der Waals surface area contributed by atoms with E-state index in [0.717, 1.165) is 5.56 Å². The van der Waals surface area contributed by atoms with Gasteiger partial charge in [-0.05, 0) is 37.6 Å². The highest BCUT2D eigenvalue weighted by Crippen LogP contribution is 2.28. The van der Waals surface area contributed by atoms with Crippen LogP contribution in [0.2, 0.25) is 0 Å². The molecule has 96 valence electrons. The van der Waals surface area contributed by atoms with E-state index in [1.54, 1.807) is 13.2 Å². The van der Waals surface area contributed by atoms with Crippen LogP contribution in [-0.4, -0.2) is 19.5 Å². The van der Waals surface area contributed by atoms with Crippen LogP contribution in [0.4, 0.5) is 0 Å². The van der Waals surface area contributed by atoms with Gasteiger partial charge in [-0.2, -0.15) is 0 Å². The second-order valence-electron chi connectivity index (χ2n) is 3.73. The fourth-order valence-electron chi connectivity index (χ4n) is 1.35. The van der Waals surface area contributed by atoms with Gasteiger partial charge in [-0.25, -0.2) is 0 Å². The molecule has 0 aliphatic carbocycles. The highest BCUT2D eigenvalue weighted by molar-refractivity contribution is 5.91. The van der Waals surface area contributed by atoms with Crippen LogP contribution in [0.5, 0.6) is 11.5 Å². The number of ether oxygens (including phenoxy) is 2. The highest BCUT2D eigenvalue weighted by Gasteiger charge is 2.03. The molecule has 1 aromatic carbocycles. The van der Waals surface area contributed by atoms with Crippen LogP contribution in [0.1, 0.15) is 19.4 Å². The van der Waals surface area contributed by atoms with Gasteiger partial charge in [0.25, 0.3) is 0 Å². The molecule has 18 heavy (non-hydrogen) atoms. The van der Waals surface area contributed by atoms with Crippen molar-refractivity contribution in [3.8, 4) is 11.5 Å². The monoisotopic (exact) mass is 246 g/mol. The first-order valence-electron chi connectivity index (χ1n) is 5.78. The summed E-state index contributed by atoms with van der Waals surface area (Å²) in [5.74, 6) is 1.36. The first-order valence-corrected chi connectivity index (χ1v) is 5.78. The predicted molar refractivity (Wildman–Crippen MR) is 73.0 cm³/mol. The Hall–Kier alpha value is -2.03. The molecule has 0 radical (unpaired) electrons. The van der Waals surface area contributed by atoms with Crippen molar-refractivity contribution in [1.29, 1.82) is 0 Å². The van der Waals surface area contributed by atoms with Gasteiger partial charge < -0.3 is 9.47 Å². The summed E-state index contributed by atoms with van der Waals surface area (Å²) in [4.78, 5) is 10.9. The molecule has 1 aromatic rings. The molecule has 0 bridgehead atoms. The highest BCUT2D eigenvalue weighted by atomic mass is 16.5. The maximum Gasteiger partial charge on any atom is 0.161 e. The Morgan fingerprint density at radius 1 is 1.33 bits per heavy atom. The number of rotatable bonds is 6. The lowest BCUT2D eigenvalue weighted by Crippen LogP contribution is -1.96. The van der Waals surface area contributed by atoms with Crippen LogP contribution >= 0.6 is 0 Å². The normalized spacial score (nSPS) is 11.1. The Kier molecular flexibility index (Phi) is 5.71. The molecule has 1 rings (SSSR count). The van der Waals surface area contributed by atoms with Gasteiger partial charge in [0.15, 0.2) is 17.3 Å². The summed E-state index contributed by atoms with van der Waals surface area (Å²) < 4.78 is 10.8. The number of ketones is 1. The second-order valence-corrected chi connectivity index (χ2v) is 3.73. The quantitative estimate of drug-likeness (QED) is 0.571.